The number of hydrogen-bond acceptors (Lipinski definition) is 4. The fourth-order valence-electron chi connectivity index (χ4n) is 1.48. The number of aryl methyl sites for hydroxylation is 1. The molecule has 0 spiro atoms. The molecule has 0 aliphatic rings. The Morgan fingerprint density at radius 2 is 2.28 bits per heavy atom. The summed E-state index contributed by atoms with van der Waals surface area (Å²) >= 11 is 7.32. The van der Waals surface area contributed by atoms with Crippen LogP contribution in [0, 0.1) is 6.92 Å². The van der Waals surface area contributed by atoms with Crippen LogP contribution in [0.1, 0.15) is 15.4 Å². The average molecular weight is 283 g/mol. The van der Waals surface area contributed by atoms with Gasteiger partial charge < -0.3 is 10.1 Å². The summed E-state index contributed by atoms with van der Waals surface area (Å²) in [5.74, 6) is 0.287. The second kappa shape index (κ2) is 5.37. The number of halogens is 1. The Kier molecular flexibility index (Phi) is 3.84. The lowest BCUT2D eigenvalue weighted by atomic mass is 10.2. The van der Waals surface area contributed by atoms with Gasteiger partial charge in [-0.05, 0) is 25.1 Å². The van der Waals surface area contributed by atoms with E-state index < -0.39 is 0 Å². The topological polar surface area (TPSA) is 51.2 Å². The van der Waals surface area contributed by atoms with E-state index in [1.165, 1.54) is 18.4 Å². The van der Waals surface area contributed by atoms with Crippen molar-refractivity contribution in [3.8, 4) is 5.75 Å². The highest BCUT2D eigenvalue weighted by Gasteiger charge is 2.14. The highest BCUT2D eigenvalue weighted by atomic mass is 35.5. The van der Waals surface area contributed by atoms with Crippen molar-refractivity contribution in [1.82, 2.24) is 4.98 Å². The highest BCUT2D eigenvalue weighted by molar-refractivity contribution is 7.09. The van der Waals surface area contributed by atoms with Crippen molar-refractivity contribution in [1.29, 1.82) is 0 Å². The molecule has 0 fully saturated rings. The smallest absolute Gasteiger partial charge is 0.275 e. The summed E-state index contributed by atoms with van der Waals surface area (Å²) in [7, 11) is 1.53. The van der Waals surface area contributed by atoms with E-state index in [4.69, 9.17) is 16.3 Å². The summed E-state index contributed by atoms with van der Waals surface area (Å²) < 4.78 is 5.16. The van der Waals surface area contributed by atoms with Crippen LogP contribution < -0.4 is 10.1 Å². The van der Waals surface area contributed by atoms with Crippen LogP contribution in [-0.4, -0.2) is 18.0 Å². The first-order valence-electron chi connectivity index (χ1n) is 5.17. The lowest BCUT2D eigenvalue weighted by molar-refractivity contribution is 0.102. The molecule has 1 heterocycles. The number of nitrogens with zero attached hydrogens (tertiary/aromatic N) is 1. The van der Waals surface area contributed by atoms with Crippen LogP contribution in [0.25, 0.3) is 0 Å². The molecule has 0 saturated heterocycles. The molecule has 0 aliphatic carbocycles. The van der Waals surface area contributed by atoms with Crippen LogP contribution >= 0.6 is 22.9 Å². The minimum Gasteiger partial charge on any atom is -0.495 e. The monoisotopic (exact) mass is 282 g/mol. The first-order chi connectivity index (χ1) is 8.61. The van der Waals surface area contributed by atoms with Gasteiger partial charge in [0.2, 0.25) is 0 Å². The summed E-state index contributed by atoms with van der Waals surface area (Å²) in [5, 5.41) is 3.27. The molecular formula is C12H11ClN2O2S. The van der Waals surface area contributed by atoms with Crippen LogP contribution in [0.3, 0.4) is 0 Å². The Morgan fingerprint density at radius 1 is 1.50 bits per heavy atom. The number of thiazole rings is 1. The van der Waals surface area contributed by atoms with Gasteiger partial charge in [0, 0.05) is 9.90 Å². The summed E-state index contributed by atoms with van der Waals surface area (Å²) in [5.41, 5.74) is 2.59. The van der Waals surface area contributed by atoms with Crippen molar-refractivity contribution in [3.63, 3.8) is 0 Å². The molecule has 0 radical (unpaired) electrons. The Hall–Kier alpha value is -1.59. The summed E-state index contributed by atoms with van der Waals surface area (Å²) in [6.45, 7) is 1.85. The van der Waals surface area contributed by atoms with Crippen LogP contribution in [0.2, 0.25) is 5.02 Å². The quantitative estimate of drug-likeness (QED) is 0.939. The maximum absolute atomic E-state index is 12.0. The number of rotatable bonds is 3. The highest BCUT2D eigenvalue weighted by Crippen LogP contribution is 2.28. The Labute approximate surface area is 114 Å². The van der Waals surface area contributed by atoms with Crippen LogP contribution in [-0.2, 0) is 0 Å². The molecule has 1 N–H and O–H groups in total. The number of ether oxygens (including phenoxy) is 1. The molecule has 1 aromatic heterocycles. The minimum atomic E-state index is -0.269. The zero-order valence-electron chi connectivity index (χ0n) is 9.86. The van der Waals surface area contributed by atoms with E-state index in [1.54, 1.807) is 23.7 Å². The molecule has 2 rings (SSSR count). The fourth-order valence-corrected chi connectivity index (χ4v) is 2.23. The van der Waals surface area contributed by atoms with E-state index in [2.05, 4.69) is 10.3 Å². The molecule has 0 saturated carbocycles. The van der Waals surface area contributed by atoms with E-state index in [0.717, 1.165) is 4.88 Å². The first kappa shape index (κ1) is 12.9. The molecule has 1 aromatic carbocycles. The van der Waals surface area contributed by atoms with Gasteiger partial charge in [0.25, 0.3) is 5.91 Å². The molecule has 18 heavy (non-hydrogen) atoms. The number of anilines is 1. The maximum atomic E-state index is 12.0. The third-order valence-corrected chi connectivity index (χ3v) is 3.36. The predicted octanol–water partition coefficient (Wildman–Crippen LogP) is 3.37. The zero-order chi connectivity index (χ0) is 13.1. The van der Waals surface area contributed by atoms with E-state index in [1.807, 2.05) is 6.92 Å². The van der Waals surface area contributed by atoms with E-state index in [9.17, 15) is 4.79 Å². The zero-order valence-corrected chi connectivity index (χ0v) is 11.4. The van der Waals surface area contributed by atoms with Gasteiger partial charge in [-0.15, -0.1) is 11.3 Å². The Bertz CT molecular complexity index is 583. The van der Waals surface area contributed by atoms with Gasteiger partial charge in [0.15, 0.2) is 0 Å². The normalized spacial score (nSPS) is 10.2. The molecule has 4 nitrogen and oxygen atoms in total. The van der Waals surface area contributed by atoms with Gasteiger partial charge in [-0.1, -0.05) is 11.6 Å². The SMILES string of the molecule is COc1ccc(Cl)cc1NC(=O)c1ncsc1C. The molecule has 6 heteroatoms. The van der Waals surface area contributed by atoms with E-state index in [-0.39, 0.29) is 5.91 Å². The van der Waals surface area contributed by atoms with Crippen LogP contribution in [0.4, 0.5) is 5.69 Å². The number of carbonyl (C=O) groups excluding carboxylic acids is 1. The minimum absolute atomic E-state index is 0.269. The standard InChI is InChI=1S/C12H11ClN2O2S/c1-7-11(14-6-18-7)12(16)15-9-5-8(13)3-4-10(9)17-2/h3-6H,1-2H3,(H,15,16). The number of benzene rings is 1. The van der Waals surface area contributed by atoms with Gasteiger partial charge in [-0.25, -0.2) is 4.98 Å². The number of methoxy groups -OCH3 is 1. The van der Waals surface area contributed by atoms with Crippen molar-refractivity contribution in [2.24, 2.45) is 0 Å². The molecule has 94 valence electrons. The second-order valence-corrected chi connectivity index (χ2v) is 5.05. The first-order valence-corrected chi connectivity index (χ1v) is 6.42. The van der Waals surface area contributed by atoms with Crippen molar-refractivity contribution in [3.05, 3.63) is 39.3 Å². The Balaban J connectivity index is 2.27. The molecule has 0 atom stereocenters. The molecule has 0 unspecified atom stereocenters. The molecule has 0 bridgehead atoms. The van der Waals surface area contributed by atoms with E-state index in [0.29, 0.717) is 22.2 Å². The molecule has 0 aliphatic heterocycles. The van der Waals surface area contributed by atoms with Gasteiger partial charge in [-0.2, -0.15) is 0 Å². The van der Waals surface area contributed by atoms with Crippen LogP contribution in [0.5, 0.6) is 5.75 Å². The lowest BCUT2D eigenvalue weighted by Crippen LogP contribution is -2.14. The maximum Gasteiger partial charge on any atom is 0.275 e. The average Bonchev–Trinajstić information content (AvgIpc) is 2.76. The van der Waals surface area contributed by atoms with Crippen molar-refractivity contribution in [2.75, 3.05) is 12.4 Å². The Morgan fingerprint density at radius 3 is 2.89 bits per heavy atom. The van der Waals surface area contributed by atoms with Gasteiger partial charge >= 0.3 is 0 Å². The van der Waals surface area contributed by atoms with Gasteiger partial charge in [0.1, 0.15) is 11.4 Å². The van der Waals surface area contributed by atoms with Crippen molar-refractivity contribution >= 4 is 34.5 Å². The lowest BCUT2D eigenvalue weighted by Gasteiger charge is -2.09. The molecule has 2 aromatic rings. The molecular weight excluding hydrogens is 272 g/mol. The van der Waals surface area contributed by atoms with Crippen LogP contribution in [0.15, 0.2) is 23.7 Å². The summed E-state index contributed by atoms with van der Waals surface area (Å²) in [4.78, 5) is 16.9. The number of nitrogens with one attached hydrogen (secondary N) is 1. The van der Waals surface area contributed by atoms with Gasteiger partial charge in [0.05, 0.1) is 18.3 Å². The third kappa shape index (κ3) is 2.63. The number of aromatic nitrogens is 1. The van der Waals surface area contributed by atoms with Gasteiger partial charge in [-0.3, -0.25) is 4.79 Å². The molecule has 1 amide bonds. The third-order valence-electron chi connectivity index (χ3n) is 2.37. The number of hydrogen-bond donors (Lipinski definition) is 1. The summed E-state index contributed by atoms with van der Waals surface area (Å²) in [6.07, 6.45) is 0. The number of amides is 1. The largest absolute Gasteiger partial charge is 0.495 e. The van der Waals surface area contributed by atoms with Crippen molar-refractivity contribution in [2.45, 2.75) is 6.92 Å². The second-order valence-electron chi connectivity index (χ2n) is 3.56. The number of carbonyl (C=O) groups is 1. The fraction of sp³-hybridized carbons (Fsp3) is 0.167. The summed E-state index contributed by atoms with van der Waals surface area (Å²) in [6, 6.07) is 5.04. The predicted molar refractivity (Wildman–Crippen MR) is 72.8 cm³/mol. The van der Waals surface area contributed by atoms with E-state index >= 15 is 0 Å². The van der Waals surface area contributed by atoms with Crippen molar-refractivity contribution < 1.29 is 9.53 Å².